The first-order valence-electron chi connectivity index (χ1n) is 5.48. The monoisotopic (exact) mass is 295 g/mol. The Morgan fingerprint density at radius 2 is 1.93 bits per heavy atom. The van der Waals surface area contributed by atoms with Crippen molar-refractivity contribution in [3.63, 3.8) is 0 Å². The number of rotatable bonds is 3. The Morgan fingerprint density at radius 1 is 1.33 bits per heavy atom. The van der Waals surface area contributed by atoms with Crippen molar-refractivity contribution in [1.29, 1.82) is 0 Å². The minimum atomic E-state index is -3.03. The Hall–Kier alpha value is 0.390. The zero-order valence-corrected chi connectivity index (χ0v) is 11.6. The zero-order chi connectivity index (χ0) is 11.3. The van der Waals surface area contributed by atoms with Gasteiger partial charge in [-0.05, 0) is 39.0 Å². The van der Waals surface area contributed by atoms with E-state index in [-0.39, 0.29) is 10.4 Å². The summed E-state index contributed by atoms with van der Waals surface area (Å²) in [6.07, 6.45) is 3.09. The van der Waals surface area contributed by atoms with Crippen LogP contribution in [0.4, 0.5) is 0 Å². The highest BCUT2D eigenvalue weighted by Gasteiger charge is 2.47. The largest absolute Gasteiger partial charge is 0.214 e. The molecule has 0 N–H and O–H groups in total. The van der Waals surface area contributed by atoms with Crippen molar-refractivity contribution in [3.05, 3.63) is 0 Å². The van der Waals surface area contributed by atoms with Gasteiger partial charge in [0, 0.05) is 16.9 Å². The third kappa shape index (κ3) is 2.24. The molecule has 0 aromatic carbocycles. The molecule has 1 heterocycles. The van der Waals surface area contributed by atoms with E-state index in [9.17, 15) is 8.42 Å². The van der Waals surface area contributed by atoms with Crippen LogP contribution in [0.3, 0.4) is 0 Å². The van der Waals surface area contributed by atoms with Gasteiger partial charge in [-0.25, -0.2) is 8.42 Å². The lowest BCUT2D eigenvalue weighted by Crippen LogP contribution is -2.47. The summed E-state index contributed by atoms with van der Waals surface area (Å²) < 4.78 is 26.0. The second-order valence-electron chi connectivity index (χ2n) is 5.20. The van der Waals surface area contributed by atoms with Crippen molar-refractivity contribution in [2.45, 2.75) is 43.5 Å². The van der Waals surface area contributed by atoms with Gasteiger partial charge in [0.1, 0.15) is 0 Å². The third-order valence-electron chi connectivity index (χ3n) is 3.47. The summed E-state index contributed by atoms with van der Waals surface area (Å²) in [5.41, 5.74) is -0.270. The predicted molar refractivity (Wildman–Crippen MR) is 64.6 cm³/mol. The summed E-state index contributed by atoms with van der Waals surface area (Å²) in [6, 6.07) is 0. The van der Waals surface area contributed by atoms with Gasteiger partial charge in [0.2, 0.25) is 10.0 Å². The van der Waals surface area contributed by atoms with E-state index >= 15 is 0 Å². The number of halogens is 1. The molecule has 1 saturated heterocycles. The van der Waals surface area contributed by atoms with Gasteiger partial charge in [0.15, 0.2) is 0 Å². The minimum Gasteiger partial charge on any atom is -0.212 e. The van der Waals surface area contributed by atoms with Crippen LogP contribution in [0.25, 0.3) is 0 Å². The molecule has 1 aliphatic carbocycles. The molecule has 0 radical (unpaired) electrons. The molecule has 0 spiro atoms. The average molecular weight is 296 g/mol. The van der Waals surface area contributed by atoms with E-state index in [1.807, 2.05) is 13.8 Å². The van der Waals surface area contributed by atoms with Crippen LogP contribution in [-0.2, 0) is 10.0 Å². The van der Waals surface area contributed by atoms with Gasteiger partial charge < -0.3 is 0 Å². The maximum atomic E-state index is 12.1. The molecule has 2 fully saturated rings. The van der Waals surface area contributed by atoms with E-state index in [1.165, 1.54) is 0 Å². The normalized spacial score (nSPS) is 32.1. The molecule has 2 rings (SSSR count). The van der Waals surface area contributed by atoms with Gasteiger partial charge in [-0.2, -0.15) is 4.31 Å². The summed E-state index contributed by atoms with van der Waals surface area (Å²) in [4.78, 5) is 0.277. The van der Waals surface area contributed by atoms with E-state index in [0.29, 0.717) is 18.2 Å². The van der Waals surface area contributed by atoms with Crippen LogP contribution in [0.5, 0.6) is 0 Å². The molecular weight excluding hydrogens is 278 g/mol. The number of hydrogen-bond acceptors (Lipinski definition) is 2. The molecule has 0 aromatic heterocycles. The summed E-state index contributed by atoms with van der Waals surface area (Å²) in [7, 11) is -3.03. The second kappa shape index (κ2) is 3.70. The van der Waals surface area contributed by atoms with Gasteiger partial charge in [0.05, 0.1) is 5.75 Å². The fourth-order valence-electron chi connectivity index (χ4n) is 2.20. The fourth-order valence-corrected chi connectivity index (χ4v) is 5.12. The lowest BCUT2D eigenvalue weighted by molar-refractivity contribution is 0.297. The Bertz CT molecular complexity index is 348. The van der Waals surface area contributed by atoms with E-state index in [2.05, 4.69) is 15.9 Å². The van der Waals surface area contributed by atoms with Crippen molar-refractivity contribution in [2.24, 2.45) is 5.92 Å². The van der Waals surface area contributed by atoms with E-state index in [1.54, 1.807) is 4.31 Å². The van der Waals surface area contributed by atoms with Gasteiger partial charge in [-0.1, -0.05) is 15.9 Å². The summed E-state index contributed by atoms with van der Waals surface area (Å²) in [6.45, 7) is 4.67. The molecule has 88 valence electrons. The van der Waals surface area contributed by atoms with Crippen LogP contribution in [0, 0.1) is 5.92 Å². The Kier molecular flexibility index (Phi) is 2.93. The summed E-state index contributed by atoms with van der Waals surface area (Å²) in [5, 5.41) is 0. The van der Waals surface area contributed by atoms with E-state index < -0.39 is 10.0 Å². The van der Waals surface area contributed by atoms with Crippen LogP contribution in [0.15, 0.2) is 0 Å². The SMILES string of the molecule is CC1(C)C(Br)CCN1S(=O)(=O)CC1CC1. The molecule has 2 aliphatic rings. The Labute approximate surface area is 100 Å². The molecule has 1 atom stereocenters. The maximum absolute atomic E-state index is 12.1. The Balaban J connectivity index is 2.15. The first-order valence-corrected chi connectivity index (χ1v) is 8.01. The van der Waals surface area contributed by atoms with Crippen molar-refractivity contribution < 1.29 is 8.42 Å². The molecule has 0 amide bonds. The molecule has 1 saturated carbocycles. The highest BCUT2D eigenvalue weighted by atomic mass is 79.9. The van der Waals surface area contributed by atoms with Gasteiger partial charge >= 0.3 is 0 Å². The van der Waals surface area contributed by atoms with Crippen LogP contribution in [-0.4, -0.2) is 35.4 Å². The first kappa shape index (κ1) is 11.9. The summed E-state index contributed by atoms with van der Waals surface area (Å²) >= 11 is 3.57. The van der Waals surface area contributed by atoms with Gasteiger partial charge in [0.25, 0.3) is 0 Å². The molecular formula is C10H18BrNO2S. The van der Waals surface area contributed by atoms with Crippen LogP contribution in [0.1, 0.15) is 33.1 Å². The van der Waals surface area contributed by atoms with E-state index in [0.717, 1.165) is 19.3 Å². The molecule has 1 unspecified atom stereocenters. The lowest BCUT2D eigenvalue weighted by atomic mass is 10.0. The number of sulfonamides is 1. The van der Waals surface area contributed by atoms with Crippen molar-refractivity contribution in [3.8, 4) is 0 Å². The zero-order valence-electron chi connectivity index (χ0n) is 9.24. The molecule has 3 nitrogen and oxygen atoms in total. The van der Waals surface area contributed by atoms with Crippen LogP contribution < -0.4 is 0 Å². The number of nitrogens with zero attached hydrogens (tertiary/aromatic N) is 1. The predicted octanol–water partition coefficient (Wildman–Crippen LogP) is 1.97. The van der Waals surface area contributed by atoms with Crippen molar-refractivity contribution in [2.75, 3.05) is 12.3 Å². The molecule has 5 heteroatoms. The molecule has 0 aromatic rings. The number of alkyl halides is 1. The van der Waals surface area contributed by atoms with Crippen LogP contribution >= 0.6 is 15.9 Å². The average Bonchev–Trinajstić information content (AvgIpc) is 2.81. The molecule has 1 aliphatic heterocycles. The topological polar surface area (TPSA) is 37.4 Å². The third-order valence-corrected chi connectivity index (χ3v) is 7.27. The molecule has 15 heavy (non-hydrogen) atoms. The van der Waals surface area contributed by atoms with Gasteiger partial charge in [-0.3, -0.25) is 0 Å². The van der Waals surface area contributed by atoms with Gasteiger partial charge in [-0.15, -0.1) is 0 Å². The molecule has 0 bridgehead atoms. The Morgan fingerprint density at radius 3 is 2.33 bits per heavy atom. The summed E-state index contributed by atoms with van der Waals surface area (Å²) in [5.74, 6) is 0.788. The quantitative estimate of drug-likeness (QED) is 0.747. The maximum Gasteiger partial charge on any atom is 0.214 e. The van der Waals surface area contributed by atoms with Crippen LogP contribution in [0.2, 0.25) is 0 Å². The first-order chi connectivity index (χ1) is 6.84. The minimum absolute atomic E-state index is 0.270. The lowest BCUT2D eigenvalue weighted by Gasteiger charge is -2.32. The highest BCUT2D eigenvalue weighted by molar-refractivity contribution is 9.09. The standard InChI is InChI=1S/C10H18BrNO2S/c1-10(2)9(11)5-6-12(10)15(13,14)7-8-3-4-8/h8-9H,3-7H2,1-2H3. The second-order valence-corrected chi connectivity index (χ2v) is 8.25. The smallest absolute Gasteiger partial charge is 0.212 e. The van der Waals surface area contributed by atoms with E-state index in [4.69, 9.17) is 0 Å². The number of hydrogen-bond donors (Lipinski definition) is 0. The van der Waals surface area contributed by atoms with Crippen molar-refractivity contribution >= 4 is 26.0 Å². The van der Waals surface area contributed by atoms with Crippen molar-refractivity contribution in [1.82, 2.24) is 4.31 Å². The fraction of sp³-hybridized carbons (Fsp3) is 1.00. The highest BCUT2D eigenvalue weighted by Crippen LogP contribution is 2.39.